The smallest absolute Gasteiger partial charge is 0.295 e. The van der Waals surface area contributed by atoms with Gasteiger partial charge in [0.25, 0.3) is 11.7 Å². The number of quaternary nitrogens is 1. The average Bonchev–Trinajstić information content (AvgIpc) is 3.37. The normalized spacial score (nSPS) is 19.0. The van der Waals surface area contributed by atoms with E-state index in [4.69, 9.17) is 4.42 Å². The summed E-state index contributed by atoms with van der Waals surface area (Å²) in [7, 11) is 3.94. The van der Waals surface area contributed by atoms with Crippen molar-refractivity contribution in [3.63, 3.8) is 0 Å². The van der Waals surface area contributed by atoms with Crippen molar-refractivity contribution in [3.05, 3.63) is 65.5 Å². The standard InChI is InChI=1S/C21H22N4O4/c1-13-17(24-9-5-4-8-15(24)22-13)19(26)16-18(14-7-6-12-29-14)25(11-10-23(2)3)21(28)20(16)27/h4-9,12,18,26H,10-11H2,1-3H3/p+1/t18-/m1/s1. The number of nitrogens with one attached hydrogen (secondary N) is 1. The number of likely N-dealkylation sites (tertiary alicyclic amines) is 1. The molecule has 1 atom stereocenters. The molecule has 150 valence electrons. The van der Waals surface area contributed by atoms with Crippen molar-refractivity contribution in [2.24, 2.45) is 0 Å². The molecule has 8 nitrogen and oxygen atoms in total. The molecule has 0 aliphatic carbocycles. The van der Waals surface area contributed by atoms with Gasteiger partial charge in [0.2, 0.25) is 0 Å². The molecule has 0 saturated carbocycles. The van der Waals surface area contributed by atoms with Gasteiger partial charge in [-0.05, 0) is 31.2 Å². The lowest BCUT2D eigenvalue weighted by molar-refractivity contribution is -0.857. The number of hydrogen-bond donors (Lipinski definition) is 2. The molecule has 3 aromatic heterocycles. The minimum Gasteiger partial charge on any atom is -0.505 e. The fraction of sp³-hybridized carbons (Fsp3) is 0.286. The predicted octanol–water partition coefficient (Wildman–Crippen LogP) is 0.802. The molecule has 0 spiro atoms. The SMILES string of the molecule is Cc1nc2ccccn2c1C(O)=C1C(=O)C(=O)N(CC[NH+](C)C)[C@@H]1c1ccco1. The highest BCUT2D eigenvalue weighted by molar-refractivity contribution is 6.46. The van der Waals surface area contributed by atoms with Crippen LogP contribution in [-0.2, 0) is 9.59 Å². The quantitative estimate of drug-likeness (QED) is 0.379. The lowest BCUT2D eigenvalue weighted by atomic mass is 10.0. The number of nitrogens with zero attached hydrogens (tertiary/aromatic N) is 3. The minimum absolute atomic E-state index is 0.0208. The van der Waals surface area contributed by atoms with Crippen molar-refractivity contribution in [3.8, 4) is 0 Å². The Kier molecular flexibility index (Phi) is 4.71. The maximum atomic E-state index is 13.0. The van der Waals surface area contributed by atoms with Gasteiger partial charge in [0, 0.05) is 6.20 Å². The topological polar surface area (TPSA) is 92.5 Å². The predicted molar refractivity (Wildman–Crippen MR) is 105 cm³/mol. The summed E-state index contributed by atoms with van der Waals surface area (Å²) in [5, 5.41) is 11.2. The molecule has 1 fully saturated rings. The van der Waals surface area contributed by atoms with Crippen LogP contribution in [0.3, 0.4) is 0 Å². The molecule has 0 unspecified atom stereocenters. The number of aliphatic hydroxyl groups excluding tert-OH is 1. The van der Waals surface area contributed by atoms with Crippen LogP contribution in [-0.4, -0.2) is 58.3 Å². The van der Waals surface area contributed by atoms with Crippen LogP contribution in [0.1, 0.15) is 23.2 Å². The average molecular weight is 395 g/mol. The Morgan fingerprint density at radius 3 is 2.72 bits per heavy atom. The number of carbonyl (C=O) groups excluding carboxylic acids is 2. The van der Waals surface area contributed by atoms with E-state index in [1.165, 1.54) is 11.2 Å². The summed E-state index contributed by atoms with van der Waals surface area (Å²) >= 11 is 0. The Hall–Kier alpha value is -3.39. The van der Waals surface area contributed by atoms with Crippen molar-refractivity contribution >= 4 is 23.1 Å². The van der Waals surface area contributed by atoms with Gasteiger partial charge in [0.05, 0.1) is 44.7 Å². The molecule has 1 saturated heterocycles. The van der Waals surface area contributed by atoms with Gasteiger partial charge in [-0.15, -0.1) is 0 Å². The van der Waals surface area contributed by atoms with Crippen LogP contribution < -0.4 is 4.90 Å². The van der Waals surface area contributed by atoms with Gasteiger partial charge in [-0.3, -0.25) is 14.0 Å². The number of amides is 1. The Morgan fingerprint density at radius 1 is 1.24 bits per heavy atom. The molecular formula is C21H23N4O4+. The van der Waals surface area contributed by atoms with Gasteiger partial charge in [0.15, 0.2) is 5.76 Å². The summed E-state index contributed by atoms with van der Waals surface area (Å²) in [6.07, 6.45) is 3.25. The highest BCUT2D eigenvalue weighted by Crippen LogP contribution is 2.39. The number of carbonyl (C=O) groups is 2. The van der Waals surface area contributed by atoms with Crippen LogP contribution in [0.25, 0.3) is 11.4 Å². The van der Waals surface area contributed by atoms with Crippen molar-refractivity contribution in [2.75, 3.05) is 27.2 Å². The Morgan fingerprint density at radius 2 is 2.03 bits per heavy atom. The number of likely N-dealkylation sites (N-methyl/N-ethyl adjacent to an activating group) is 1. The van der Waals surface area contributed by atoms with Crippen molar-refractivity contribution in [1.29, 1.82) is 0 Å². The van der Waals surface area contributed by atoms with E-state index in [0.717, 1.165) is 4.90 Å². The van der Waals surface area contributed by atoms with Crippen LogP contribution in [0, 0.1) is 6.92 Å². The van der Waals surface area contributed by atoms with Gasteiger partial charge in [0.1, 0.15) is 23.1 Å². The van der Waals surface area contributed by atoms with Crippen LogP contribution in [0.2, 0.25) is 0 Å². The molecule has 4 heterocycles. The molecule has 0 aromatic carbocycles. The van der Waals surface area contributed by atoms with E-state index >= 15 is 0 Å². The number of aliphatic hydroxyl groups is 1. The van der Waals surface area contributed by atoms with Crippen molar-refractivity contribution < 1.29 is 24.0 Å². The fourth-order valence-corrected chi connectivity index (χ4v) is 3.72. The van der Waals surface area contributed by atoms with E-state index in [0.29, 0.717) is 35.9 Å². The summed E-state index contributed by atoms with van der Waals surface area (Å²) in [6.45, 7) is 2.77. The largest absolute Gasteiger partial charge is 0.505 e. The molecule has 4 rings (SSSR count). The zero-order chi connectivity index (χ0) is 20.7. The lowest BCUT2D eigenvalue weighted by Gasteiger charge is -2.23. The summed E-state index contributed by atoms with van der Waals surface area (Å²) in [4.78, 5) is 32.8. The third kappa shape index (κ3) is 3.11. The number of hydrogen-bond acceptors (Lipinski definition) is 5. The van der Waals surface area contributed by atoms with Crippen LogP contribution in [0.15, 0.2) is 52.8 Å². The second-order valence-electron chi connectivity index (χ2n) is 7.44. The second kappa shape index (κ2) is 7.21. The number of aryl methyl sites for hydroxylation is 1. The Balaban J connectivity index is 1.90. The molecule has 1 aliphatic heterocycles. The van der Waals surface area contributed by atoms with Gasteiger partial charge in [-0.1, -0.05) is 6.07 Å². The molecule has 1 aliphatic rings. The van der Waals surface area contributed by atoms with E-state index in [-0.39, 0.29) is 11.3 Å². The molecule has 3 aromatic rings. The monoisotopic (exact) mass is 395 g/mol. The minimum atomic E-state index is -0.780. The number of furan rings is 1. The number of ketones is 1. The van der Waals surface area contributed by atoms with Crippen LogP contribution in [0.4, 0.5) is 0 Å². The van der Waals surface area contributed by atoms with Gasteiger partial charge < -0.3 is 19.3 Å². The highest BCUT2D eigenvalue weighted by Gasteiger charge is 2.48. The van der Waals surface area contributed by atoms with Crippen LogP contribution in [0.5, 0.6) is 0 Å². The van der Waals surface area contributed by atoms with Crippen LogP contribution >= 0.6 is 0 Å². The first-order chi connectivity index (χ1) is 13.9. The third-order valence-corrected chi connectivity index (χ3v) is 5.13. The van der Waals surface area contributed by atoms with E-state index in [2.05, 4.69) is 4.98 Å². The summed E-state index contributed by atoms with van der Waals surface area (Å²) < 4.78 is 7.26. The van der Waals surface area contributed by atoms with Crippen molar-refractivity contribution in [2.45, 2.75) is 13.0 Å². The number of aromatic nitrogens is 2. The first-order valence-electron chi connectivity index (χ1n) is 9.45. The first kappa shape index (κ1) is 18.9. The van der Waals surface area contributed by atoms with E-state index < -0.39 is 17.7 Å². The lowest BCUT2D eigenvalue weighted by Crippen LogP contribution is -3.06. The molecule has 0 bridgehead atoms. The Bertz CT molecular complexity index is 1110. The molecule has 0 radical (unpaired) electrons. The zero-order valence-electron chi connectivity index (χ0n) is 16.5. The highest BCUT2D eigenvalue weighted by atomic mass is 16.3. The number of imidazole rings is 1. The molecule has 29 heavy (non-hydrogen) atoms. The molecule has 2 N–H and O–H groups in total. The van der Waals surface area contributed by atoms with E-state index in [1.54, 1.807) is 29.7 Å². The number of rotatable bonds is 5. The molecular weight excluding hydrogens is 372 g/mol. The maximum Gasteiger partial charge on any atom is 0.295 e. The molecule has 1 amide bonds. The maximum absolute atomic E-state index is 13.0. The van der Waals surface area contributed by atoms with Gasteiger partial charge in [-0.25, -0.2) is 4.98 Å². The second-order valence-corrected chi connectivity index (χ2v) is 7.44. The molecule has 8 heteroatoms. The van der Waals surface area contributed by atoms with Crippen molar-refractivity contribution in [1.82, 2.24) is 14.3 Å². The number of fused-ring (bicyclic) bond motifs is 1. The van der Waals surface area contributed by atoms with Gasteiger partial charge >= 0.3 is 0 Å². The summed E-state index contributed by atoms with van der Waals surface area (Å²) in [5.74, 6) is -1.17. The number of Topliss-reactive ketones (excluding diaryl/α,β-unsaturated/α-hetero) is 1. The first-order valence-corrected chi connectivity index (χ1v) is 9.45. The summed E-state index contributed by atoms with van der Waals surface area (Å²) in [5.41, 5.74) is 1.63. The Labute approximate surface area is 167 Å². The van der Waals surface area contributed by atoms with E-state index in [1.807, 2.05) is 32.3 Å². The van der Waals surface area contributed by atoms with E-state index in [9.17, 15) is 14.7 Å². The number of pyridine rings is 1. The van der Waals surface area contributed by atoms with Gasteiger partial charge in [-0.2, -0.15) is 0 Å². The summed E-state index contributed by atoms with van der Waals surface area (Å²) in [6, 6.07) is 8.10. The fourth-order valence-electron chi connectivity index (χ4n) is 3.72. The zero-order valence-corrected chi connectivity index (χ0v) is 16.5. The third-order valence-electron chi connectivity index (χ3n) is 5.13.